The van der Waals surface area contributed by atoms with Gasteiger partial charge in [0.1, 0.15) is 0 Å². The minimum atomic E-state index is 0.157. The van der Waals surface area contributed by atoms with Crippen LogP contribution in [0.2, 0.25) is 0 Å². The van der Waals surface area contributed by atoms with Gasteiger partial charge in [0, 0.05) is 5.28 Å². The van der Waals surface area contributed by atoms with E-state index in [0.717, 1.165) is 6.42 Å². The minimum absolute atomic E-state index is 0.157. The molecule has 0 saturated carbocycles. The van der Waals surface area contributed by atoms with E-state index >= 15 is 0 Å². The monoisotopic (exact) mass is 102 g/mol. The van der Waals surface area contributed by atoms with Gasteiger partial charge in [0.2, 0.25) is 0 Å². The van der Waals surface area contributed by atoms with E-state index in [4.69, 9.17) is 5.21 Å². The van der Waals surface area contributed by atoms with Crippen LogP contribution in [0.15, 0.2) is 10.4 Å². The van der Waals surface area contributed by atoms with E-state index in [1.54, 1.807) is 0 Å². The summed E-state index contributed by atoms with van der Waals surface area (Å²) in [6.45, 7) is 3.87. The van der Waals surface area contributed by atoms with Crippen LogP contribution >= 0.6 is 0 Å². The number of rotatable bonds is 2. The van der Waals surface area contributed by atoms with Gasteiger partial charge in [-0.2, -0.15) is 5.11 Å². The topological polar surface area (TPSA) is 45.0 Å². The van der Waals surface area contributed by atoms with Crippen molar-refractivity contribution in [3.8, 4) is 0 Å². The molecule has 0 bridgehead atoms. The Kier molecular flexibility index (Phi) is 3.28. The molecule has 0 fully saturated rings. The van der Waals surface area contributed by atoms with Crippen LogP contribution in [0.1, 0.15) is 20.3 Å². The predicted molar refractivity (Wildman–Crippen MR) is 26.4 cm³/mol. The molecular formula is C4H10N2O. The Morgan fingerprint density at radius 1 is 1.71 bits per heavy atom. The summed E-state index contributed by atoms with van der Waals surface area (Å²) in [5.41, 5.74) is 0. The van der Waals surface area contributed by atoms with Crippen molar-refractivity contribution in [2.75, 3.05) is 0 Å². The largest absolute Gasteiger partial charge is 0.395 e. The van der Waals surface area contributed by atoms with Crippen molar-refractivity contribution in [3.63, 3.8) is 0 Å². The molecule has 0 aromatic heterocycles. The van der Waals surface area contributed by atoms with Crippen molar-refractivity contribution in [2.24, 2.45) is 10.4 Å². The first kappa shape index (κ1) is 6.40. The maximum absolute atomic E-state index is 7.83. The third-order valence-corrected chi connectivity index (χ3v) is 0.840. The van der Waals surface area contributed by atoms with Gasteiger partial charge in [-0.3, -0.25) is 0 Å². The minimum Gasteiger partial charge on any atom is -0.395 e. The molecule has 42 valence electrons. The van der Waals surface area contributed by atoms with E-state index < -0.39 is 0 Å². The molecule has 1 N–H and O–H groups in total. The van der Waals surface area contributed by atoms with Gasteiger partial charge in [-0.05, 0) is 13.3 Å². The van der Waals surface area contributed by atoms with E-state index in [1.165, 1.54) is 0 Å². The molecule has 0 radical (unpaired) electrons. The van der Waals surface area contributed by atoms with Crippen LogP contribution < -0.4 is 0 Å². The van der Waals surface area contributed by atoms with Crippen molar-refractivity contribution in [1.29, 1.82) is 0 Å². The molecule has 7 heavy (non-hydrogen) atoms. The summed E-state index contributed by atoms with van der Waals surface area (Å²) in [5, 5.41) is 13.9. The molecule has 0 aliphatic carbocycles. The summed E-state index contributed by atoms with van der Waals surface area (Å²) in [7, 11) is 0. The quantitative estimate of drug-likeness (QED) is 0.418. The maximum Gasteiger partial charge on any atom is 0.0714 e. The van der Waals surface area contributed by atoms with Gasteiger partial charge in [-0.25, -0.2) is 0 Å². The Bertz CT molecular complexity index is 62.7. The zero-order valence-corrected chi connectivity index (χ0v) is 4.63. The first-order chi connectivity index (χ1) is 3.31. The lowest BCUT2D eigenvalue weighted by molar-refractivity contribution is 0.273. The van der Waals surface area contributed by atoms with Gasteiger partial charge in [0.25, 0.3) is 0 Å². The normalized spacial score (nSPS) is 15.1. The highest BCUT2D eigenvalue weighted by Gasteiger charge is 1.89. The average molecular weight is 102 g/mol. The second-order valence-corrected chi connectivity index (χ2v) is 1.46. The fourth-order valence-corrected chi connectivity index (χ4v) is 0.170. The third-order valence-electron chi connectivity index (χ3n) is 0.840. The SMILES string of the molecule is CCC(C)/N=N\O. The molecule has 1 unspecified atom stereocenters. The van der Waals surface area contributed by atoms with Crippen molar-refractivity contribution in [3.05, 3.63) is 0 Å². The first-order valence-electron chi connectivity index (χ1n) is 2.35. The van der Waals surface area contributed by atoms with Gasteiger partial charge < -0.3 is 5.21 Å². The van der Waals surface area contributed by atoms with Gasteiger partial charge in [0.15, 0.2) is 0 Å². The number of hydrogen-bond donors (Lipinski definition) is 1. The van der Waals surface area contributed by atoms with Crippen LogP contribution in [0, 0.1) is 0 Å². The van der Waals surface area contributed by atoms with Crippen molar-refractivity contribution in [1.82, 2.24) is 0 Å². The highest BCUT2D eigenvalue weighted by molar-refractivity contribution is 4.48. The summed E-state index contributed by atoms with van der Waals surface area (Å²) in [5.74, 6) is 0. The molecule has 0 saturated heterocycles. The number of hydrogen-bond acceptors (Lipinski definition) is 2. The highest BCUT2D eigenvalue weighted by atomic mass is 16.5. The molecule has 0 rings (SSSR count). The van der Waals surface area contributed by atoms with Gasteiger partial charge >= 0.3 is 0 Å². The smallest absolute Gasteiger partial charge is 0.0714 e. The average Bonchev–Trinajstić information content (AvgIpc) is 1.68. The van der Waals surface area contributed by atoms with Crippen LogP contribution in [-0.2, 0) is 0 Å². The summed E-state index contributed by atoms with van der Waals surface area (Å²) >= 11 is 0. The summed E-state index contributed by atoms with van der Waals surface area (Å²) in [6.07, 6.45) is 0.921. The number of nitrogens with zero attached hydrogens (tertiary/aromatic N) is 2. The lowest BCUT2D eigenvalue weighted by atomic mass is 10.3. The zero-order chi connectivity index (χ0) is 5.70. The predicted octanol–water partition coefficient (Wildman–Crippen LogP) is 1.63. The first-order valence-corrected chi connectivity index (χ1v) is 2.35. The molecule has 0 aliphatic heterocycles. The van der Waals surface area contributed by atoms with E-state index in [9.17, 15) is 0 Å². The Labute approximate surface area is 43.0 Å². The van der Waals surface area contributed by atoms with Crippen LogP contribution in [0.4, 0.5) is 0 Å². The van der Waals surface area contributed by atoms with Crippen LogP contribution in [0.5, 0.6) is 0 Å². The standard InChI is InChI=1S/C4H10N2O/c1-3-4(2)5-6-7/h4H,3H2,1-2H3,(H,5,7). The molecule has 1 atom stereocenters. The molecule has 3 nitrogen and oxygen atoms in total. The molecular weight excluding hydrogens is 92.1 g/mol. The molecule has 0 aromatic rings. The fraction of sp³-hybridized carbons (Fsp3) is 1.00. The van der Waals surface area contributed by atoms with Gasteiger partial charge in [0.05, 0.1) is 6.04 Å². The molecule has 0 heterocycles. The lowest BCUT2D eigenvalue weighted by Gasteiger charge is -1.92. The van der Waals surface area contributed by atoms with Crippen LogP contribution in [0.3, 0.4) is 0 Å². The second kappa shape index (κ2) is 3.59. The van der Waals surface area contributed by atoms with E-state index in [1.807, 2.05) is 13.8 Å². The van der Waals surface area contributed by atoms with Crippen molar-refractivity contribution in [2.45, 2.75) is 26.3 Å². The van der Waals surface area contributed by atoms with Crippen LogP contribution in [0.25, 0.3) is 0 Å². The highest BCUT2D eigenvalue weighted by Crippen LogP contribution is 1.92. The zero-order valence-electron chi connectivity index (χ0n) is 4.63. The summed E-state index contributed by atoms with van der Waals surface area (Å²) < 4.78 is 0. The van der Waals surface area contributed by atoms with Gasteiger partial charge in [-0.1, -0.05) is 6.92 Å². The molecule has 0 spiro atoms. The molecule has 3 heteroatoms. The summed E-state index contributed by atoms with van der Waals surface area (Å²) in [6, 6.07) is 0.157. The van der Waals surface area contributed by atoms with E-state index in [0.29, 0.717) is 0 Å². The van der Waals surface area contributed by atoms with Crippen molar-refractivity contribution < 1.29 is 5.21 Å². The second-order valence-electron chi connectivity index (χ2n) is 1.46. The Hall–Kier alpha value is -0.600. The fourth-order valence-electron chi connectivity index (χ4n) is 0.170. The van der Waals surface area contributed by atoms with E-state index in [2.05, 4.69) is 10.4 Å². The van der Waals surface area contributed by atoms with Gasteiger partial charge in [-0.15, -0.1) is 0 Å². The summed E-state index contributed by atoms with van der Waals surface area (Å²) in [4.78, 5) is 0. The van der Waals surface area contributed by atoms with Crippen LogP contribution in [-0.4, -0.2) is 11.2 Å². The third kappa shape index (κ3) is 3.22. The Morgan fingerprint density at radius 2 is 2.29 bits per heavy atom. The van der Waals surface area contributed by atoms with Crippen molar-refractivity contribution >= 4 is 0 Å². The maximum atomic E-state index is 7.83. The molecule has 0 aliphatic rings. The van der Waals surface area contributed by atoms with E-state index in [-0.39, 0.29) is 6.04 Å². The Morgan fingerprint density at radius 3 is 2.43 bits per heavy atom. The molecule has 0 amide bonds. The molecule has 0 aromatic carbocycles. The Balaban J connectivity index is 3.16. The lowest BCUT2D eigenvalue weighted by Crippen LogP contribution is -1.90.